The Morgan fingerprint density at radius 2 is 1.86 bits per heavy atom. The molecule has 106 valence electrons. The molecule has 0 saturated carbocycles. The number of carbonyl (C=O) groups excluding carboxylic acids is 1. The molecule has 0 N–H and O–H groups in total. The Labute approximate surface area is 118 Å². The van der Waals surface area contributed by atoms with Crippen LogP contribution in [0.25, 0.3) is 22.3 Å². The van der Waals surface area contributed by atoms with E-state index in [2.05, 4.69) is 0 Å². The maximum Gasteiger partial charge on any atom is 0.177 e. The van der Waals surface area contributed by atoms with Gasteiger partial charge < -0.3 is 9.15 Å². The second-order valence-corrected chi connectivity index (χ2v) is 4.43. The quantitative estimate of drug-likeness (QED) is 0.678. The number of carbonyl (C=O) groups is 1. The van der Waals surface area contributed by atoms with E-state index in [1.54, 1.807) is 12.1 Å². The number of hydrogen-bond acceptors (Lipinski definition) is 3. The smallest absolute Gasteiger partial charge is 0.177 e. The molecule has 3 rings (SSSR count). The molecule has 0 radical (unpaired) electrons. The van der Waals surface area contributed by atoms with Crippen LogP contribution >= 0.6 is 0 Å². The van der Waals surface area contributed by atoms with E-state index in [1.807, 2.05) is 0 Å². The van der Waals surface area contributed by atoms with E-state index in [4.69, 9.17) is 9.15 Å². The summed E-state index contributed by atoms with van der Waals surface area (Å²) in [6, 6.07) is 8.12. The van der Waals surface area contributed by atoms with Crippen molar-refractivity contribution in [1.82, 2.24) is 0 Å². The molecule has 3 nitrogen and oxygen atoms in total. The molecule has 21 heavy (non-hydrogen) atoms. The van der Waals surface area contributed by atoms with Crippen molar-refractivity contribution in [1.29, 1.82) is 0 Å². The number of methoxy groups -OCH3 is 1. The molecule has 0 fully saturated rings. The first-order valence-electron chi connectivity index (χ1n) is 6.16. The second-order valence-electron chi connectivity index (χ2n) is 4.43. The van der Waals surface area contributed by atoms with Gasteiger partial charge in [-0.25, -0.2) is 8.78 Å². The molecule has 0 unspecified atom stereocenters. The van der Waals surface area contributed by atoms with Gasteiger partial charge in [-0.2, -0.15) is 0 Å². The van der Waals surface area contributed by atoms with Crippen LogP contribution in [0.1, 0.15) is 10.4 Å². The molecular formula is C16H10F2O3. The summed E-state index contributed by atoms with van der Waals surface area (Å²) in [6.07, 6.45) is 0.652. The summed E-state index contributed by atoms with van der Waals surface area (Å²) < 4.78 is 38.3. The van der Waals surface area contributed by atoms with Gasteiger partial charge in [0, 0.05) is 10.9 Å². The normalized spacial score (nSPS) is 10.8. The van der Waals surface area contributed by atoms with Gasteiger partial charge in [0.1, 0.15) is 17.4 Å². The summed E-state index contributed by atoms with van der Waals surface area (Å²) in [4.78, 5) is 11.1. The number of furan rings is 1. The van der Waals surface area contributed by atoms with Crippen LogP contribution in [0.4, 0.5) is 8.78 Å². The molecule has 0 aliphatic rings. The summed E-state index contributed by atoms with van der Waals surface area (Å²) >= 11 is 0. The fourth-order valence-electron chi connectivity index (χ4n) is 2.24. The van der Waals surface area contributed by atoms with Crippen LogP contribution in [0, 0.1) is 11.6 Å². The predicted octanol–water partition coefficient (Wildman–Crippen LogP) is 4.20. The molecule has 3 aromatic rings. The van der Waals surface area contributed by atoms with Gasteiger partial charge in [-0.15, -0.1) is 0 Å². The van der Waals surface area contributed by atoms with E-state index in [1.165, 1.54) is 19.2 Å². The number of benzene rings is 2. The number of hydrogen-bond donors (Lipinski definition) is 0. The SMILES string of the molecule is COc1ccc(C=O)c2cc(-c3c(F)cccc3F)oc12. The molecule has 0 spiro atoms. The lowest BCUT2D eigenvalue weighted by molar-refractivity contribution is 0.112. The van der Waals surface area contributed by atoms with Crippen LogP contribution in [0.3, 0.4) is 0 Å². The average Bonchev–Trinajstić information content (AvgIpc) is 2.90. The highest BCUT2D eigenvalue weighted by molar-refractivity contribution is 6.00. The second kappa shape index (κ2) is 5.01. The van der Waals surface area contributed by atoms with Crippen molar-refractivity contribution < 1.29 is 22.7 Å². The van der Waals surface area contributed by atoms with Crippen molar-refractivity contribution >= 4 is 17.3 Å². The molecule has 1 heterocycles. The van der Waals surface area contributed by atoms with Crippen molar-refractivity contribution in [2.24, 2.45) is 0 Å². The van der Waals surface area contributed by atoms with E-state index in [9.17, 15) is 13.6 Å². The number of rotatable bonds is 3. The molecule has 0 amide bonds. The zero-order chi connectivity index (χ0) is 15.0. The summed E-state index contributed by atoms with van der Waals surface area (Å²) in [7, 11) is 1.45. The van der Waals surface area contributed by atoms with E-state index < -0.39 is 11.6 Å². The van der Waals surface area contributed by atoms with Crippen LogP contribution < -0.4 is 4.74 Å². The number of fused-ring (bicyclic) bond motifs is 1. The third-order valence-electron chi connectivity index (χ3n) is 3.24. The van der Waals surface area contributed by atoms with Crippen molar-refractivity contribution in [3.05, 3.63) is 53.6 Å². The van der Waals surface area contributed by atoms with Crippen LogP contribution in [-0.2, 0) is 0 Å². The first-order valence-corrected chi connectivity index (χ1v) is 6.16. The highest BCUT2D eigenvalue weighted by atomic mass is 19.1. The molecule has 0 aliphatic heterocycles. The Morgan fingerprint density at radius 1 is 1.14 bits per heavy atom. The average molecular weight is 288 g/mol. The van der Waals surface area contributed by atoms with E-state index in [0.717, 1.165) is 12.1 Å². The predicted molar refractivity (Wildman–Crippen MR) is 73.5 cm³/mol. The Morgan fingerprint density at radius 3 is 2.48 bits per heavy atom. The summed E-state index contributed by atoms with van der Waals surface area (Å²) in [6.45, 7) is 0. The maximum absolute atomic E-state index is 13.8. The largest absolute Gasteiger partial charge is 0.493 e. The third-order valence-corrected chi connectivity index (χ3v) is 3.24. The molecule has 0 atom stereocenters. The molecular weight excluding hydrogens is 278 g/mol. The number of halogens is 2. The Kier molecular flexibility index (Phi) is 3.17. The fraction of sp³-hybridized carbons (Fsp3) is 0.0625. The van der Waals surface area contributed by atoms with E-state index >= 15 is 0 Å². The molecule has 1 aromatic heterocycles. The topological polar surface area (TPSA) is 39.4 Å². The Bertz CT molecular complexity index is 817. The molecule has 2 aromatic carbocycles. The minimum Gasteiger partial charge on any atom is -0.493 e. The van der Waals surface area contributed by atoms with Gasteiger partial charge in [-0.1, -0.05) is 6.07 Å². The zero-order valence-electron chi connectivity index (χ0n) is 11.0. The summed E-state index contributed by atoms with van der Waals surface area (Å²) in [5, 5.41) is 0.446. The lowest BCUT2D eigenvalue weighted by Gasteiger charge is -2.02. The van der Waals surface area contributed by atoms with E-state index in [-0.39, 0.29) is 16.9 Å². The maximum atomic E-state index is 13.8. The van der Waals surface area contributed by atoms with Gasteiger partial charge >= 0.3 is 0 Å². The van der Waals surface area contributed by atoms with Gasteiger partial charge in [-0.3, -0.25) is 4.79 Å². The van der Waals surface area contributed by atoms with Crippen molar-refractivity contribution in [2.45, 2.75) is 0 Å². The summed E-state index contributed by atoms with van der Waals surface area (Å²) in [5.41, 5.74) is 0.366. The molecule has 0 bridgehead atoms. The number of aldehydes is 1. The third kappa shape index (κ3) is 2.07. The Balaban J connectivity index is 2.33. The summed E-state index contributed by atoms with van der Waals surface area (Å²) in [5.74, 6) is -1.08. The van der Waals surface area contributed by atoms with Gasteiger partial charge in [0.15, 0.2) is 17.6 Å². The minimum absolute atomic E-state index is 0.00759. The van der Waals surface area contributed by atoms with Gasteiger partial charge in [-0.05, 0) is 30.3 Å². The lowest BCUT2D eigenvalue weighted by atomic mass is 10.1. The van der Waals surface area contributed by atoms with Crippen molar-refractivity contribution in [3.63, 3.8) is 0 Å². The van der Waals surface area contributed by atoms with Gasteiger partial charge in [0.2, 0.25) is 0 Å². The highest BCUT2D eigenvalue weighted by Crippen LogP contribution is 2.36. The molecule has 5 heteroatoms. The number of ether oxygens (including phenoxy) is 1. The first-order chi connectivity index (χ1) is 10.2. The van der Waals surface area contributed by atoms with Gasteiger partial charge in [0.25, 0.3) is 0 Å². The zero-order valence-corrected chi connectivity index (χ0v) is 11.0. The van der Waals surface area contributed by atoms with Gasteiger partial charge in [0.05, 0.1) is 12.7 Å². The standard InChI is InChI=1S/C16H10F2O3/c1-20-13-6-5-9(8-19)10-7-14(21-16(10)13)15-11(17)3-2-4-12(15)18/h2-8H,1H3. The molecule has 0 saturated heterocycles. The monoisotopic (exact) mass is 288 g/mol. The van der Waals surface area contributed by atoms with Crippen molar-refractivity contribution in [3.8, 4) is 17.1 Å². The van der Waals surface area contributed by atoms with Crippen LogP contribution in [-0.4, -0.2) is 13.4 Å². The van der Waals surface area contributed by atoms with Crippen LogP contribution in [0.2, 0.25) is 0 Å². The minimum atomic E-state index is -0.735. The fourth-order valence-corrected chi connectivity index (χ4v) is 2.24. The van der Waals surface area contributed by atoms with E-state index in [0.29, 0.717) is 23.0 Å². The first kappa shape index (κ1) is 13.3. The lowest BCUT2D eigenvalue weighted by Crippen LogP contribution is -1.87. The highest BCUT2D eigenvalue weighted by Gasteiger charge is 2.18. The Hall–Kier alpha value is -2.69. The molecule has 0 aliphatic carbocycles. The van der Waals surface area contributed by atoms with Crippen LogP contribution in [0.5, 0.6) is 5.75 Å². The van der Waals surface area contributed by atoms with Crippen molar-refractivity contribution in [2.75, 3.05) is 7.11 Å². The van der Waals surface area contributed by atoms with Crippen LogP contribution in [0.15, 0.2) is 40.8 Å².